The van der Waals surface area contributed by atoms with Crippen LogP contribution in [-0.4, -0.2) is 38.1 Å². The van der Waals surface area contributed by atoms with Gasteiger partial charge in [0.05, 0.1) is 12.8 Å². The lowest BCUT2D eigenvalue weighted by Crippen LogP contribution is -2.64. The van der Waals surface area contributed by atoms with E-state index in [2.05, 4.69) is 10.4 Å². The van der Waals surface area contributed by atoms with Gasteiger partial charge in [-0.1, -0.05) is 55.8 Å². The predicted molar refractivity (Wildman–Crippen MR) is 134 cm³/mol. The summed E-state index contributed by atoms with van der Waals surface area (Å²) >= 11 is 6.08. The van der Waals surface area contributed by atoms with E-state index in [4.69, 9.17) is 16.0 Å². The summed E-state index contributed by atoms with van der Waals surface area (Å²) in [5, 5.41) is 8.55. The van der Waals surface area contributed by atoms with Crippen molar-refractivity contribution in [1.29, 1.82) is 0 Å². The van der Waals surface area contributed by atoms with Crippen LogP contribution in [0.25, 0.3) is 11.5 Å². The van der Waals surface area contributed by atoms with Gasteiger partial charge in [-0.25, -0.2) is 0 Å². The molecule has 5 rings (SSSR count). The third kappa shape index (κ3) is 4.87. The standard InChI is InChI=1S/C27H31ClN4O3/c1-27(26(34)29-21-8-5-3-2-4-6-9-21)18-32-23(16-22(30-32)24-10-7-15-35-24)25(33)31(27)17-19-11-13-20(28)14-12-19/h7,10-16,21H,2-6,8-9,17-18H2,1H3,(H,29,34). The highest BCUT2D eigenvalue weighted by Gasteiger charge is 2.48. The minimum atomic E-state index is -1.10. The summed E-state index contributed by atoms with van der Waals surface area (Å²) in [6, 6.07) is 12.9. The van der Waals surface area contributed by atoms with E-state index < -0.39 is 5.54 Å². The molecule has 35 heavy (non-hydrogen) atoms. The number of rotatable bonds is 5. The number of fused-ring (bicyclic) bond motifs is 1. The summed E-state index contributed by atoms with van der Waals surface area (Å²) in [6.45, 7) is 2.41. The zero-order valence-electron chi connectivity index (χ0n) is 20.0. The molecule has 0 saturated heterocycles. The number of amides is 2. The molecule has 1 aliphatic carbocycles. The Morgan fingerprint density at radius 1 is 1.14 bits per heavy atom. The van der Waals surface area contributed by atoms with Crippen LogP contribution in [0, 0.1) is 0 Å². The molecule has 2 aromatic heterocycles. The van der Waals surface area contributed by atoms with Crippen molar-refractivity contribution in [2.75, 3.05) is 0 Å². The number of nitrogens with one attached hydrogen (secondary N) is 1. The molecule has 2 amide bonds. The van der Waals surface area contributed by atoms with Gasteiger partial charge >= 0.3 is 0 Å². The first-order chi connectivity index (χ1) is 16.9. The quantitative estimate of drug-likeness (QED) is 0.512. The van der Waals surface area contributed by atoms with Crippen LogP contribution in [0.15, 0.2) is 53.1 Å². The van der Waals surface area contributed by atoms with Crippen LogP contribution in [0.4, 0.5) is 0 Å². The summed E-state index contributed by atoms with van der Waals surface area (Å²) in [5.41, 5.74) is 0.835. The normalized spacial score (nSPS) is 21.3. The summed E-state index contributed by atoms with van der Waals surface area (Å²) in [6.07, 6.45) is 9.44. The van der Waals surface area contributed by atoms with Crippen molar-refractivity contribution in [3.05, 3.63) is 65.0 Å². The van der Waals surface area contributed by atoms with Crippen LogP contribution >= 0.6 is 11.6 Å². The molecule has 0 radical (unpaired) electrons. The fourth-order valence-electron chi connectivity index (χ4n) is 5.15. The van der Waals surface area contributed by atoms with Gasteiger partial charge in [0.15, 0.2) is 5.76 Å². The molecular weight excluding hydrogens is 464 g/mol. The minimum Gasteiger partial charge on any atom is -0.463 e. The Balaban J connectivity index is 1.47. The molecular formula is C27H31ClN4O3. The van der Waals surface area contributed by atoms with Crippen molar-refractivity contribution in [2.45, 2.75) is 76.5 Å². The van der Waals surface area contributed by atoms with Crippen molar-refractivity contribution in [3.63, 3.8) is 0 Å². The number of halogens is 1. The van der Waals surface area contributed by atoms with E-state index >= 15 is 0 Å². The van der Waals surface area contributed by atoms with Crippen LogP contribution in [0.1, 0.15) is 67.9 Å². The molecule has 1 aliphatic heterocycles. The number of carbonyl (C=O) groups excluding carboxylic acids is 2. The van der Waals surface area contributed by atoms with Crippen molar-refractivity contribution < 1.29 is 14.0 Å². The van der Waals surface area contributed by atoms with Crippen molar-refractivity contribution in [2.24, 2.45) is 0 Å². The average molecular weight is 495 g/mol. The molecule has 8 heteroatoms. The maximum atomic E-state index is 13.8. The summed E-state index contributed by atoms with van der Waals surface area (Å²) in [4.78, 5) is 29.3. The SMILES string of the molecule is CC1(C(=O)NC2CCCCCCC2)Cn2nc(-c3ccco3)cc2C(=O)N1Cc1ccc(Cl)cc1. The van der Waals surface area contributed by atoms with Crippen LogP contribution in [-0.2, 0) is 17.9 Å². The maximum Gasteiger partial charge on any atom is 0.273 e. The molecule has 1 saturated carbocycles. The number of aromatic nitrogens is 2. The lowest BCUT2D eigenvalue weighted by Gasteiger charge is -2.44. The second-order valence-corrected chi connectivity index (χ2v) is 10.3. The van der Waals surface area contributed by atoms with Gasteiger partial charge in [0.25, 0.3) is 5.91 Å². The molecule has 0 bridgehead atoms. The Bertz CT molecular complexity index is 1180. The highest BCUT2D eigenvalue weighted by molar-refractivity contribution is 6.30. The van der Waals surface area contributed by atoms with Gasteiger partial charge in [0.1, 0.15) is 16.9 Å². The van der Waals surface area contributed by atoms with Gasteiger partial charge in [0.2, 0.25) is 5.91 Å². The van der Waals surface area contributed by atoms with E-state index in [1.54, 1.807) is 40.1 Å². The largest absolute Gasteiger partial charge is 0.463 e. The molecule has 0 spiro atoms. The second kappa shape index (κ2) is 9.90. The van der Waals surface area contributed by atoms with Gasteiger partial charge in [0, 0.05) is 23.7 Å². The first-order valence-electron chi connectivity index (χ1n) is 12.4. The Morgan fingerprint density at radius 2 is 1.86 bits per heavy atom. The lowest BCUT2D eigenvalue weighted by molar-refractivity contribution is -0.134. The molecule has 7 nitrogen and oxygen atoms in total. The van der Waals surface area contributed by atoms with E-state index in [0.717, 1.165) is 31.2 Å². The highest BCUT2D eigenvalue weighted by Crippen LogP contribution is 2.32. The Labute approximate surface area is 210 Å². The van der Waals surface area contributed by atoms with Gasteiger partial charge in [-0.2, -0.15) is 5.10 Å². The number of furan rings is 1. The molecule has 184 valence electrons. The first kappa shape index (κ1) is 23.7. The summed E-state index contributed by atoms with van der Waals surface area (Å²) < 4.78 is 7.14. The fraction of sp³-hybridized carbons (Fsp3) is 0.444. The lowest BCUT2D eigenvalue weighted by atomic mass is 9.92. The molecule has 2 aliphatic rings. The Morgan fingerprint density at radius 3 is 2.54 bits per heavy atom. The predicted octanol–water partition coefficient (Wildman–Crippen LogP) is 5.44. The molecule has 1 N–H and O–H groups in total. The van der Waals surface area contributed by atoms with Crippen LogP contribution in [0.3, 0.4) is 0 Å². The molecule has 1 fully saturated rings. The third-order valence-corrected chi connectivity index (χ3v) is 7.51. The Kier molecular flexibility index (Phi) is 6.69. The number of carbonyl (C=O) groups is 2. The van der Waals surface area contributed by atoms with Crippen molar-refractivity contribution in [1.82, 2.24) is 20.0 Å². The monoisotopic (exact) mass is 494 g/mol. The van der Waals surface area contributed by atoms with E-state index in [0.29, 0.717) is 28.7 Å². The second-order valence-electron chi connectivity index (χ2n) is 9.86. The van der Waals surface area contributed by atoms with Gasteiger partial charge < -0.3 is 14.6 Å². The number of nitrogens with zero attached hydrogens (tertiary/aromatic N) is 3. The van der Waals surface area contributed by atoms with Crippen LogP contribution < -0.4 is 5.32 Å². The first-order valence-corrected chi connectivity index (χ1v) is 12.8. The van der Waals surface area contributed by atoms with Crippen LogP contribution in [0.5, 0.6) is 0 Å². The maximum absolute atomic E-state index is 13.8. The third-order valence-electron chi connectivity index (χ3n) is 7.25. The smallest absolute Gasteiger partial charge is 0.273 e. The zero-order valence-corrected chi connectivity index (χ0v) is 20.8. The molecule has 1 atom stereocenters. The minimum absolute atomic E-state index is 0.129. The molecule has 3 aromatic rings. The van der Waals surface area contributed by atoms with Crippen LogP contribution in [0.2, 0.25) is 5.02 Å². The van der Waals surface area contributed by atoms with E-state index in [1.165, 1.54) is 19.3 Å². The molecule has 1 aromatic carbocycles. The molecule has 1 unspecified atom stereocenters. The number of hydrogen-bond donors (Lipinski definition) is 1. The van der Waals surface area contributed by atoms with E-state index in [9.17, 15) is 9.59 Å². The summed E-state index contributed by atoms with van der Waals surface area (Å²) in [7, 11) is 0. The fourth-order valence-corrected chi connectivity index (χ4v) is 5.27. The zero-order chi connectivity index (χ0) is 24.4. The number of hydrogen-bond acceptors (Lipinski definition) is 4. The van der Waals surface area contributed by atoms with Crippen molar-refractivity contribution in [3.8, 4) is 11.5 Å². The Hall–Kier alpha value is -3.06. The van der Waals surface area contributed by atoms with Gasteiger partial charge in [-0.3, -0.25) is 14.3 Å². The van der Waals surface area contributed by atoms with E-state index in [-0.39, 0.29) is 24.4 Å². The van der Waals surface area contributed by atoms with E-state index in [1.807, 2.05) is 25.1 Å². The van der Waals surface area contributed by atoms with Crippen molar-refractivity contribution >= 4 is 23.4 Å². The number of benzene rings is 1. The topological polar surface area (TPSA) is 80.4 Å². The summed E-state index contributed by atoms with van der Waals surface area (Å²) in [5.74, 6) is 0.225. The molecule has 3 heterocycles. The van der Waals surface area contributed by atoms with Gasteiger partial charge in [-0.05, 0) is 49.6 Å². The average Bonchev–Trinajstić information content (AvgIpc) is 3.49. The van der Waals surface area contributed by atoms with Gasteiger partial charge in [-0.15, -0.1) is 0 Å². The highest BCUT2D eigenvalue weighted by atomic mass is 35.5.